The monoisotopic (exact) mass is 188 g/mol. The fraction of sp³-hybridized carbons (Fsp3) is 0.750. The molecular weight excluding hydrogens is 176 g/mol. The molecule has 0 aromatic rings. The summed E-state index contributed by atoms with van der Waals surface area (Å²) in [5.74, 6) is -2.74. The van der Waals surface area contributed by atoms with E-state index in [-0.39, 0.29) is 12.2 Å². The molecule has 0 bridgehead atoms. The fourth-order valence-corrected chi connectivity index (χ4v) is 1.17. The van der Waals surface area contributed by atoms with Gasteiger partial charge >= 0.3 is 5.97 Å². The summed E-state index contributed by atoms with van der Waals surface area (Å²) >= 11 is 0. The van der Waals surface area contributed by atoms with Crippen LogP contribution in [0.4, 0.5) is 0 Å². The van der Waals surface area contributed by atoms with Gasteiger partial charge in [0.25, 0.3) is 0 Å². The van der Waals surface area contributed by atoms with Crippen LogP contribution in [0.5, 0.6) is 0 Å². The van der Waals surface area contributed by atoms with Crippen molar-refractivity contribution in [2.75, 3.05) is 0 Å². The second-order valence-corrected chi connectivity index (χ2v) is 2.84. The second-order valence-electron chi connectivity index (χ2n) is 2.84. The van der Waals surface area contributed by atoms with E-state index >= 15 is 0 Å². The first-order chi connectivity index (χ1) is 6.06. The van der Waals surface area contributed by atoms with Gasteiger partial charge in [-0.15, -0.1) is 0 Å². The zero-order chi connectivity index (χ0) is 10.0. The molecule has 5 nitrogen and oxygen atoms in total. The lowest BCUT2D eigenvalue weighted by Gasteiger charge is -2.36. The van der Waals surface area contributed by atoms with Gasteiger partial charge < -0.3 is 14.6 Å². The highest BCUT2D eigenvalue weighted by atomic mass is 16.9. The quantitative estimate of drug-likeness (QED) is 0.646. The van der Waals surface area contributed by atoms with Crippen molar-refractivity contribution >= 4 is 11.8 Å². The Hall–Kier alpha value is -0.940. The molecule has 1 unspecified atom stereocenters. The zero-order valence-electron chi connectivity index (χ0n) is 7.52. The van der Waals surface area contributed by atoms with Gasteiger partial charge in [0.2, 0.25) is 0 Å². The molecule has 0 spiro atoms. The molecule has 5 heteroatoms. The fourth-order valence-electron chi connectivity index (χ4n) is 1.17. The molecule has 1 aliphatic heterocycles. The predicted octanol–water partition coefficient (Wildman–Crippen LogP) is 0.385. The number of carbonyl (C=O) groups is 2. The Balaban J connectivity index is 2.58. The summed E-state index contributed by atoms with van der Waals surface area (Å²) in [6, 6.07) is 0. The van der Waals surface area contributed by atoms with Crippen LogP contribution < -0.4 is 0 Å². The van der Waals surface area contributed by atoms with Gasteiger partial charge in [-0.05, 0) is 6.92 Å². The van der Waals surface area contributed by atoms with E-state index in [4.69, 9.17) is 14.6 Å². The van der Waals surface area contributed by atoms with E-state index in [0.29, 0.717) is 0 Å². The zero-order valence-corrected chi connectivity index (χ0v) is 7.52. The molecule has 0 aliphatic carbocycles. The third-order valence-electron chi connectivity index (χ3n) is 1.89. The number of aliphatic carboxylic acids is 1. The van der Waals surface area contributed by atoms with E-state index < -0.39 is 24.5 Å². The standard InChI is InChI=1S/C8H12O5/c1-3-5(9)6(7(10)11)8-12-4(2)13-8/h4,6,8H,3H2,1-2H3,(H,10,11). The lowest BCUT2D eigenvalue weighted by atomic mass is 10.0. The number of Topliss-reactive ketones (excluding diaryl/α,β-unsaturated/α-hetero) is 1. The maximum atomic E-state index is 11.2. The van der Waals surface area contributed by atoms with E-state index in [1.807, 2.05) is 0 Å². The van der Waals surface area contributed by atoms with Crippen LogP contribution in [0, 0.1) is 5.92 Å². The summed E-state index contributed by atoms with van der Waals surface area (Å²) in [6.45, 7) is 3.26. The SMILES string of the molecule is CCC(=O)C(C(=O)O)C1OC(C)O1. The Bertz CT molecular complexity index is 219. The number of hydrogen-bond acceptors (Lipinski definition) is 4. The smallest absolute Gasteiger partial charge is 0.319 e. The normalized spacial score (nSPS) is 29.1. The first-order valence-electron chi connectivity index (χ1n) is 4.12. The molecular formula is C8H12O5. The number of hydrogen-bond donors (Lipinski definition) is 1. The van der Waals surface area contributed by atoms with Gasteiger partial charge in [0.1, 0.15) is 0 Å². The Kier molecular flexibility index (Phi) is 3.00. The highest BCUT2D eigenvalue weighted by Crippen LogP contribution is 2.24. The molecule has 1 rings (SSSR count). The van der Waals surface area contributed by atoms with Crippen LogP contribution in [0.3, 0.4) is 0 Å². The molecule has 1 heterocycles. The number of carbonyl (C=O) groups excluding carboxylic acids is 1. The van der Waals surface area contributed by atoms with Crippen LogP contribution >= 0.6 is 0 Å². The number of carboxylic acid groups (broad SMARTS) is 1. The molecule has 0 aromatic heterocycles. The number of carboxylic acids is 1. The minimum absolute atomic E-state index is 0.175. The average Bonchev–Trinajstić information content (AvgIpc) is 2.00. The molecule has 1 atom stereocenters. The summed E-state index contributed by atoms with van der Waals surface area (Å²) < 4.78 is 9.92. The Morgan fingerprint density at radius 2 is 2.00 bits per heavy atom. The predicted molar refractivity (Wildman–Crippen MR) is 41.8 cm³/mol. The summed E-state index contributed by atoms with van der Waals surface area (Å²) in [6.07, 6.45) is -1.13. The third kappa shape index (κ3) is 2.05. The van der Waals surface area contributed by atoms with Crippen molar-refractivity contribution < 1.29 is 24.2 Å². The molecule has 13 heavy (non-hydrogen) atoms. The average molecular weight is 188 g/mol. The van der Waals surface area contributed by atoms with Gasteiger partial charge in [-0.3, -0.25) is 9.59 Å². The topological polar surface area (TPSA) is 72.8 Å². The molecule has 0 aromatic carbocycles. The van der Waals surface area contributed by atoms with E-state index in [2.05, 4.69) is 0 Å². The summed E-state index contributed by atoms with van der Waals surface area (Å²) in [7, 11) is 0. The van der Waals surface area contributed by atoms with Crippen molar-refractivity contribution in [1.29, 1.82) is 0 Å². The lowest BCUT2D eigenvalue weighted by Crippen LogP contribution is -2.49. The molecule has 1 saturated heterocycles. The van der Waals surface area contributed by atoms with E-state index in [0.717, 1.165) is 0 Å². The van der Waals surface area contributed by atoms with Crippen LogP contribution in [0.1, 0.15) is 20.3 Å². The first-order valence-corrected chi connectivity index (χ1v) is 4.12. The molecule has 0 radical (unpaired) electrons. The van der Waals surface area contributed by atoms with Crippen LogP contribution in [0.2, 0.25) is 0 Å². The first kappa shape index (κ1) is 10.1. The maximum absolute atomic E-state index is 11.2. The van der Waals surface area contributed by atoms with Crippen LogP contribution in [0.25, 0.3) is 0 Å². The highest BCUT2D eigenvalue weighted by Gasteiger charge is 2.42. The van der Waals surface area contributed by atoms with Gasteiger partial charge in [0.05, 0.1) is 0 Å². The van der Waals surface area contributed by atoms with Crippen LogP contribution in [0.15, 0.2) is 0 Å². The molecule has 1 fully saturated rings. The Labute approximate surface area is 75.6 Å². The van der Waals surface area contributed by atoms with Crippen molar-refractivity contribution in [1.82, 2.24) is 0 Å². The Morgan fingerprint density at radius 3 is 2.31 bits per heavy atom. The third-order valence-corrected chi connectivity index (χ3v) is 1.89. The molecule has 0 saturated carbocycles. The summed E-state index contributed by atoms with van der Waals surface area (Å²) in [5, 5.41) is 8.72. The van der Waals surface area contributed by atoms with Crippen molar-refractivity contribution in [3.05, 3.63) is 0 Å². The van der Waals surface area contributed by atoms with E-state index in [1.54, 1.807) is 13.8 Å². The minimum Gasteiger partial charge on any atom is -0.481 e. The van der Waals surface area contributed by atoms with Gasteiger partial charge in [0.15, 0.2) is 24.3 Å². The van der Waals surface area contributed by atoms with Crippen LogP contribution in [-0.2, 0) is 19.1 Å². The number of ketones is 1. The highest BCUT2D eigenvalue weighted by molar-refractivity contribution is 5.98. The largest absolute Gasteiger partial charge is 0.481 e. The molecule has 74 valence electrons. The van der Waals surface area contributed by atoms with Crippen molar-refractivity contribution in [3.8, 4) is 0 Å². The van der Waals surface area contributed by atoms with Crippen LogP contribution in [-0.4, -0.2) is 29.4 Å². The lowest BCUT2D eigenvalue weighted by molar-refractivity contribution is -0.384. The molecule has 1 aliphatic rings. The molecule has 1 N–H and O–H groups in total. The van der Waals surface area contributed by atoms with Gasteiger partial charge in [0, 0.05) is 6.42 Å². The van der Waals surface area contributed by atoms with Crippen molar-refractivity contribution in [2.45, 2.75) is 32.8 Å². The second kappa shape index (κ2) is 3.85. The number of rotatable bonds is 4. The summed E-state index contributed by atoms with van der Waals surface area (Å²) in [5.41, 5.74) is 0. The van der Waals surface area contributed by atoms with Crippen molar-refractivity contribution in [3.63, 3.8) is 0 Å². The van der Waals surface area contributed by atoms with E-state index in [1.165, 1.54) is 0 Å². The Morgan fingerprint density at radius 1 is 1.46 bits per heavy atom. The van der Waals surface area contributed by atoms with Gasteiger partial charge in [-0.2, -0.15) is 0 Å². The summed E-state index contributed by atoms with van der Waals surface area (Å²) in [4.78, 5) is 21.8. The maximum Gasteiger partial charge on any atom is 0.319 e. The molecule has 0 amide bonds. The van der Waals surface area contributed by atoms with Gasteiger partial charge in [-0.25, -0.2) is 0 Å². The van der Waals surface area contributed by atoms with E-state index in [9.17, 15) is 9.59 Å². The van der Waals surface area contributed by atoms with Crippen molar-refractivity contribution in [2.24, 2.45) is 5.92 Å². The minimum atomic E-state index is -1.19. The number of ether oxygens (including phenoxy) is 2. The van der Waals surface area contributed by atoms with Gasteiger partial charge in [-0.1, -0.05) is 6.92 Å².